The first kappa shape index (κ1) is 25.9. The van der Waals surface area contributed by atoms with Crippen molar-refractivity contribution in [2.24, 2.45) is 0 Å². The van der Waals surface area contributed by atoms with E-state index in [1.807, 2.05) is 30.3 Å². The maximum atomic E-state index is 13.1. The monoisotopic (exact) mass is 542 g/mol. The van der Waals surface area contributed by atoms with E-state index in [0.29, 0.717) is 45.3 Å². The average Bonchev–Trinajstić information content (AvgIpc) is 2.97. The molecule has 0 radical (unpaired) electrons. The second-order valence-corrected chi connectivity index (χ2v) is 10.2. The lowest BCUT2D eigenvalue weighted by atomic mass is 10.1. The molecule has 0 aliphatic rings. The fourth-order valence-corrected chi connectivity index (χ4v) is 5.19. The summed E-state index contributed by atoms with van der Waals surface area (Å²) in [4.78, 5) is 4.54. The molecule has 0 unspecified atom stereocenters. The van der Waals surface area contributed by atoms with Crippen molar-refractivity contribution in [1.29, 1.82) is 0 Å². The first-order valence-corrected chi connectivity index (χ1v) is 13.4. The Hall–Kier alpha value is -4.76. The summed E-state index contributed by atoms with van der Waals surface area (Å²) in [6.45, 7) is 0. The molecule has 5 aromatic rings. The molecule has 0 saturated heterocycles. The lowest BCUT2D eigenvalue weighted by Crippen LogP contribution is -2.13. The van der Waals surface area contributed by atoms with Crippen molar-refractivity contribution in [3.63, 3.8) is 0 Å². The van der Waals surface area contributed by atoms with Crippen LogP contribution in [-0.4, -0.2) is 34.7 Å². The van der Waals surface area contributed by atoms with Crippen LogP contribution in [-0.2, 0) is 10.0 Å². The van der Waals surface area contributed by atoms with E-state index in [-0.39, 0.29) is 4.90 Å². The van der Waals surface area contributed by atoms with Crippen molar-refractivity contribution in [3.8, 4) is 39.9 Å². The molecule has 9 heteroatoms. The molecule has 0 saturated carbocycles. The van der Waals surface area contributed by atoms with Gasteiger partial charge < -0.3 is 18.9 Å². The van der Waals surface area contributed by atoms with Gasteiger partial charge in [0.2, 0.25) is 0 Å². The molecule has 1 aromatic heterocycles. The van der Waals surface area contributed by atoms with Gasteiger partial charge in [0.25, 0.3) is 10.0 Å². The van der Waals surface area contributed by atoms with E-state index in [2.05, 4.69) is 9.71 Å². The minimum atomic E-state index is -3.83. The summed E-state index contributed by atoms with van der Waals surface area (Å²) in [6.07, 6.45) is 1.63. The average molecular weight is 543 g/mol. The highest BCUT2D eigenvalue weighted by atomic mass is 32.2. The van der Waals surface area contributed by atoms with Crippen LogP contribution >= 0.6 is 0 Å². The van der Waals surface area contributed by atoms with Crippen LogP contribution in [0.1, 0.15) is 0 Å². The number of fused-ring (bicyclic) bond motifs is 1. The number of ether oxygens (including phenoxy) is 4. The van der Waals surface area contributed by atoms with Gasteiger partial charge in [0.1, 0.15) is 5.75 Å². The number of aromatic nitrogens is 1. The number of methoxy groups -OCH3 is 3. The first-order chi connectivity index (χ1) is 18.9. The maximum absolute atomic E-state index is 13.1. The summed E-state index contributed by atoms with van der Waals surface area (Å²) in [5, 5.41) is 0.709. The molecule has 0 spiro atoms. The van der Waals surface area contributed by atoms with Gasteiger partial charge in [0.05, 0.1) is 37.4 Å². The van der Waals surface area contributed by atoms with E-state index in [9.17, 15) is 8.42 Å². The summed E-state index contributed by atoms with van der Waals surface area (Å²) in [6, 6.07) is 26.6. The minimum absolute atomic E-state index is 0.147. The molecular weight excluding hydrogens is 516 g/mol. The van der Waals surface area contributed by atoms with E-state index in [1.165, 1.54) is 7.11 Å². The number of pyridine rings is 1. The number of sulfonamides is 1. The molecule has 8 nitrogen and oxygen atoms in total. The number of nitrogens with one attached hydrogen (secondary N) is 1. The fraction of sp³-hybridized carbons (Fsp3) is 0.100. The summed E-state index contributed by atoms with van der Waals surface area (Å²) in [7, 11) is 0.771. The van der Waals surface area contributed by atoms with Crippen molar-refractivity contribution in [2.75, 3.05) is 26.1 Å². The third kappa shape index (κ3) is 5.44. The smallest absolute Gasteiger partial charge is 0.261 e. The highest BCUT2D eigenvalue weighted by Crippen LogP contribution is 2.40. The molecule has 0 bridgehead atoms. The summed E-state index contributed by atoms with van der Waals surface area (Å²) >= 11 is 0. The van der Waals surface area contributed by atoms with Gasteiger partial charge >= 0.3 is 0 Å². The number of anilines is 1. The Bertz CT molecular complexity index is 1720. The maximum Gasteiger partial charge on any atom is 0.261 e. The highest BCUT2D eigenvalue weighted by molar-refractivity contribution is 7.92. The van der Waals surface area contributed by atoms with Crippen molar-refractivity contribution >= 4 is 26.6 Å². The van der Waals surface area contributed by atoms with Gasteiger partial charge in [-0.25, -0.2) is 8.42 Å². The third-order valence-corrected chi connectivity index (χ3v) is 7.51. The molecule has 0 fully saturated rings. The highest BCUT2D eigenvalue weighted by Gasteiger charge is 2.17. The van der Waals surface area contributed by atoms with Crippen LogP contribution in [0, 0.1) is 0 Å². The Morgan fingerprint density at radius 2 is 1.28 bits per heavy atom. The summed E-state index contributed by atoms with van der Waals surface area (Å²) < 4.78 is 51.2. The molecule has 0 amide bonds. The zero-order valence-electron chi connectivity index (χ0n) is 21.5. The van der Waals surface area contributed by atoms with E-state index in [4.69, 9.17) is 18.9 Å². The van der Waals surface area contributed by atoms with Crippen LogP contribution in [0.3, 0.4) is 0 Å². The molecule has 1 N–H and O–H groups in total. The SMILES string of the molecule is COc1cc2nccc(Oc3ccc(NS(=O)(=O)c4ccc(-c5ccccc5)cc4)cc3OC)c2cc1OC. The van der Waals surface area contributed by atoms with Crippen molar-refractivity contribution < 1.29 is 27.4 Å². The first-order valence-electron chi connectivity index (χ1n) is 12.0. The largest absolute Gasteiger partial charge is 0.493 e. The van der Waals surface area contributed by atoms with Crippen LogP contribution < -0.4 is 23.7 Å². The Morgan fingerprint density at radius 1 is 0.641 bits per heavy atom. The van der Waals surface area contributed by atoms with Gasteiger partial charge in [-0.1, -0.05) is 42.5 Å². The van der Waals surface area contributed by atoms with Crippen LogP contribution in [0.25, 0.3) is 22.0 Å². The molecule has 39 heavy (non-hydrogen) atoms. The number of nitrogens with zero attached hydrogens (tertiary/aromatic N) is 1. The quantitative estimate of drug-likeness (QED) is 0.226. The number of hydrogen-bond donors (Lipinski definition) is 1. The Balaban J connectivity index is 1.39. The van der Waals surface area contributed by atoms with Crippen LogP contribution in [0.5, 0.6) is 28.7 Å². The molecule has 4 aromatic carbocycles. The van der Waals surface area contributed by atoms with Crippen molar-refractivity contribution in [3.05, 3.63) is 97.2 Å². The van der Waals surface area contributed by atoms with Crippen LogP contribution in [0.2, 0.25) is 0 Å². The third-order valence-electron chi connectivity index (χ3n) is 6.11. The van der Waals surface area contributed by atoms with Gasteiger partial charge in [-0.05, 0) is 47.5 Å². The second kappa shape index (κ2) is 10.9. The summed E-state index contributed by atoms with van der Waals surface area (Å²) in [5.41, 5.74) is 2.93. The van der Waals surface area contributed by atoms with E-state index in [0.717, 1.165) is 11.1 Å². The second-order valence-electron chi connectivity index (χ2n) is 8.50. The normalized spacial score (nSPS) is 11.2. The molecule has 1 heterocycles. The molecule has 0 aliphatic carbocycles. The molecule has 198 valence electrons. The molecular formula is C30H26N2O6S. The lowest BCUT2D eigenvalue weighted by molar-refractivity contribution is 0.355. The van der Waals surface area contributed by atoms with Crippen LogP contribution in [0.4, 0.5) is 5.69 Å². The Kier molecular flexibility index (Phi) is 7.25. The van der Waals surface area contributed by atoms with E-state index >= 15 is 0 Å². The predicted octanol–water partition coefficient (Wildman–Crippen LogP) is 6.52. The number of hydrogen-bond acceptors (Lipinski definition) is 7. The number of benzene rings is 4. The van der Waals surface area contributed by atoms with Gasteiger partial charge in [-0.3, -0.25) is 9.71 Å². The summed E-state index contributed by atoms with van der Waals surface area (Å²) in [5.74, 6) is 2.36. The van der Waals surface area contributed by atoms with Crippen LogP contribution in [0.15, 0.2) is 102 Å². The zero-order valence-corrected chi connectivity index (χ0v) is 22.4. The van der Waals surface area contributed by atoms with E-state index in [1.54, 1.807) is 81.1 Å². The molecule has 0 aliphatic heterocycles. The van der Waals surface area contributed by atoms with Gasteiger partial charge in [-0.15, -0.1) is 0 Å². The lowest BCUT2D eigenvalue weighted by Gasteiger charge is -2.15. The Labute approximate surface area is 226 Å². The van der Waals surface area contributed by atoms with Crippen molar-refractivity contribution in [2.45, 2.75) is 4.90 Å². The Morgan fingerprint density at radius 3 is 1.97 bits per heavy atom. The fourth-order valence-electron chi connectivity index (χ4n) is 4.14. The minimum Gasteiger partial charge on any atom is -0.493 e. The molecule has 0 atom stereocenters. The molecule has 5 rings (SSSR count). The standard InChI is InChI=1S/C30H26N2O6S/c1-35-28-17-22(32-39(33,34)23-12-9-21(10-13-23)20-7-5-4-6-8-20)11-14-27(28)38-26-15-16-31-25-19-30(37-3)29(36-2)18-24(25)26/h4-19,32H,1-3H3. The van der Waals surface area contributed by atoms with Gasteiger partial charge in [0, 0.05) is 23.7 Å². The predicted molar refractivity (Wildman–Crippen MR) is 151 cm³/mol. The van der Waals surface area contributed by atoms with E-state index < -0.39 is 10.0 Å². The van der Waals surface area contributed by atoms with Crippen molar-refractivity contribution in [1.82, 2.24) is 4.98 Å². The topological polar surface area (TPSA) is 96.0 Å². The zero-order chi connectivity index (χ0) is 27.4. The van der Waals surface area contributed by atoms with Gasteiger partial charge in [-0.2, -0.15) is 0 Å². The number of rotatable bonds is 9. The van der Waals surface area contributed by atoms with Gasteiger partial charge in [0.15, 0.2) is 23.0 Å².